The van der Waals surface area contributed by atoms with Crippen LogP contribution in [-0.2, 0) is 41.1 Å². The molecule has 2 aliphatic heterocycles. The number of rotatable bonds is 2. The van der Waals surface area contributed by atoms with E-state index in [4.69, 9.17) is 25.7 Å². The first-order valence-electron chi connectivity index (χ1n) is 18.8. The molecular formula is C48H53N5Zn. The monoisotopic (exact) mass is 763 g/mol. The third-order valence-electron chi connectivity index (χ3n) is 10.4. The van der Waals surface area contributed by atoms with Gasteiger partial charge in [0.15, 0.2) is 0 Å². The van der Waals surface area contributed by atoms with Crippen LogP contribution in [-0.4, -0.2) is 9.97 Å². The molecule has 2 aliphatic rings. The summed E-state index contributed by atoms with van der Waals surface area (Å²) in [5.74, 6) is 0. The van der Waals surface area contributed by atoms with Gasteiger partial charge in [0.05, 0.1) is 22.8 Å². The predicted molar refractivity (Wildman–Crippen MR) is 227 cm³/mol. The summed E-state index contributed by atoms with van der Waals surface area (Å²) in [6.45, 7) is 27.2. The average molecular weight is 765 g/mol. The van der Waals surface area contributed by atoms with E-state index in [-0.39, 0.29) is 41.1 Å². The van der Waals surface area contributed by atoms with Crippen LogP contribution in [0.15, 0.2) is 66.7 Å². The summed E-state index contributed by atoms with van der Waals surface area (Å²) in [5, 5.41) is 0. The maximum absolute atomic E-state index is 6.95. The van der Waals surface area contributed by atoms with E-state index < -0.39 is 0 Å². The van der Waals surface area contributed by atoms with E-state index in [1.165, 1.54) is 22.3 Å². The number of aromatic nitrogens is 4. The second kappa shape index (κ2) is 13.6. The van der Waals surface area contributed by atoms with E-state index in [2.05, 4.69) is 162 Å². The maximum Gasteiger partial charge on any atom is 2.00 e. The van der Waals surface area contributed by atoms with Crippen LogP contribution in [0.25, 0.3) is 68.6 Å². The number of nitrogen functional groups attached to an aromatic ring is 1. The normalized spacial score (nSPS) is 13.3. The first kappa shape index (κ1) is 39.2. The second-order valence-electron chi connectivity index (χ2n) is 18.8. The molecule has 2 N–H and O–H groups in total. The Hall–Kier alpha value is -4.54. The molecule has 0 fully saturated rings. The summed E-state index contributed by atoms with van der Waals surface area (Å²) in [4.78, 5) is 20.8. The van der Waals surface area contributed by atoms with Crippen LogP contribution in [0.4, 0.5) is 5.69 Å². The Bertz CT molecular complexity index is 2360. The van der Waals surface area contributed by atoms with E-state index in [0.29, 0.717) is 16.9 Å². The Morgan fingerprint density at radius 1 is 0.444 bits per heavy atom. The van der Waals surface area contributed by atoms with Crippen molar-refractivity contribution in [2.75, 3.05) is 5.73 Å². The topological polar surface area (TPSA) is 80.0 Å². The van der Waals surface area contributed by atoms with Crippen molar-refractivity contribution in [3.8, 4) is 22.3 Å². The minimum absolute atomic E-state index is 0. The number of nitrogens with zero attached hydrogens (tertiary/aromatic N) is 4. The van der Waals surface area contributed by atoms with Gasteiger partial charge in [-0.1, -0.05) is 150 Å². The Balaban J connectivity index is 0.00000497. The molecule has 5 nitrogen and oxygen atoms in total. The molecule has 8 bridgehead atoms. The zero-order chi connectivity index (χ0) is 38.2. The molecule has 0 atom stereocenters. The van der Waals surface area contributed by atoms with Crippen LogP contribution < -0.4 is 15.7 Å². The van der Waals surface area contributed by atoms with Crippen molar-refractivity contribution in [2.45, 2.75) is 105 Å². The van der Waals surface area contributed by atoms with E-state index in [0.717, 1.165) is 55.9 Å². The fraction of sp³-hybridized carbons (Fsp3) is 0.333. The van der Waals surface area contributed by atoms with Crippen molar-refractivity contribution in [1.29, 1.82) is 0 Å². The van der Waals surface area contributed by atoms with Gasteiger partial charge in [-0.05, 0) is 90.5 Å². The largest absolute Gasteiger partial charge is 2.00 e. The number of hydrogen-bond acceptors (Lipinski definition) is 3. The molecule has 3 aromatic heterocycles. The molecule has 0 spiro atoms. The SMILES string of the molecule is CC(C)(C)c1cc(-c2c3nc(c(N)c4ccc([n-]4)c(-c4cc(C(C)(C)C)cc(C(C)(C)C)c4)c4nc(cc5ccc2[n-]5)C=C4)C=C3)cc(C(C)(C)C)c1.[Zn+2]. The average Bonchev–Trinajstić information content (AvgIpc) is 3.88. The zero-order valence-corrected chi connectivity index (χ0v) is 37.2. The van der Waals surface area contributed by atoms with E-state index in [1.54, 1.807) is 0 Å². The molecule has 0 unspecified atom stereocenters. The molecule has 6 heteroatoms. The van der Waals surface area contributed by atoms with E-state index in [9.17, 15) is 0 Å². The molecule has 0 amide bonds. The molecule has 5 heterocycles. The second-order valence-corrected chi connectivity index (χ2v) is 18.8. The number of anilines is 1. The summed E-state index contributed by atoms with van der Waals surface area (Å²) >= 11 is 0. The van der Waals surface area contributed by atoms with E-state index in [1.807, 2.05) is 12.1 Å². The molecule has 0 saturated heterocycles. The number of benzene rings is 2. The van der Waals surface area contributed by atoms with Gasteiger partial charge in [0, 0.05) is 5.69 Å². The van der Waals surface area contributed by atoms with Gasteiger partial charge in [-0.3, -0.25) is 0 Å². The molecule has 272 valence electrons. The number of nitrogens with two attached hydrogens (primary N) is 1. The van der Waals surface area contributed by atoms with Crippen molar-refractivity contribution < 1.29 is 19.5 Å². The van der Waals surface area contributed by atoms with Gasteiger partial charge in [-0.15, -0.1) is 22.1 Å². The number of hydrogen-bond donors (Lipinski definition) is 1. The molecule has 0 aliphatic carbocycles. The Labute approximate surface area is 334 Å². The smallest absolute Gasteiger partial charge is 0.657 e. The van der Waals surface area contributed by atoms with Crippen LogP contribution in [0.2, 0.25) is 0 Å². The van der Waals surface area contributed by atoms with Crippen LogP contribution in [0.3, 0.4) is 0 Å². The fourth-order valence-corrected chi connectivity index (χ4v) is 6.91. The maximum atomic E-state index is 6.95. The molecule has 0 saturated carbocycles. The predicted octanol–water partition coefficient (Wildman–Crippen LogP) is 12.0. The van der Waals surface area contributed by atoms with Crippen molar-refractivity contribution in [3.63, 3.8) is 0 Å². The molecule has 54 heavy (non-hydrogen) atoms. The molecule has 5 aromatic rings. The van der Waals surface area contributed by atoms with Gasteiger partial charge in [-0.25, -0.2) is 9.97 Å². The molecule has 7 rings (SSSR count). The Morgan fingerprint density at radius 2 is 0.852 bits per heavy atom. The fourth-order valence-electron chi connectivity index (χ4n) is 6.91. The van der Waals surface area contributed by atoms with Gasteiger partial charge in [0.2, 0.25) is 0 Å². The first-order valence-corrected chi connectivity index (χ1v) is 18.8. The van der Waals surface area contributed by atoms with Gasteiger partial charge in [0.1, 0.15) is 0 Å². The summed E-state index contributed by atoms with van der Waals surface area (Å²) < 4.78 is 0. The molecule has 0 radical (unpaired) electrons. The van der Waals surface area contributed by atoms with Crippen LogP contribution >= 0.6 is 0 Å². The Morgan fingerprint density at radius 3 is 1.35 bits per heavy atom. The quantitative estimate of drug-likeness (QED) is 0.177. The van der Waals surface area contributed by atoms with Crippen LogP contribution in [0.5, 0.6) is 0 Å². The number of fused-ring (bicyclic) bond motifs is 8. The third-order valence-corrected chi connectivity index (χ3v) is 10.4. The summed E-state index contributed by atoms with van der Waals surface area (Å²) in [5.41, 5.74) is 23.0. The molecular weight excluding hydrogens is 712 g/mol. The summed E-state index contributed by atoms with van der Waals surface area (Å²) in [6.07, 6.45) is 8.23. The minimum Gasteiger partial charge on any atom is -0.657 e. The van der Waals surface area contributed by atoms with Gasteiger partial charge in [0.25, 0.3) is 0 Å². The van der Waals surface area contributed by atoms with Crippen LogP contribution in [0, 0.1) is 0 Å². The van der Waals surface area contributed by atoms with Crippen molar-refractivity contribution >= 4 is 52.1 Å². The van der Waals surface area contributed by atoms with Gasteiger partial charge >= 0.3 is 19.5 Å². The van der Waals surface area contributed by atoms with Crippen molar-refractivity contribution in [2.24, 2.45) is 0 Å². The standard InChI is InChI=1S/C48H53N5.Zn/c1-45(2,3)30-21-28(22-31(25-30)46(4,5)6)42-36-15-13-34(50-36)27-35-14-16-37(51-35)43(29-23-32(47(7,8)9)26-33(24-29)48(10,11)12)39-18-20-41(53-39)44(49)40-19-17-38(42)52-40;/h13-27H,49H2,1-12H3;/q-2;+2. The minimum atomic E-state index is -0.0450. The Kier molecular flexibility index (Phi) is 9.89. The van der Waals surface area contributed by atoms with Gasteiger partial charge < -0.3 is 15.7 Å². The van der Waals surface area contributed by atoms with Gasteiger partial charge in [-0.2, -0.15) is 0 Å². The van der Waals surface area contributed by atoms with E-state index >= 15 is 0 Å². The van der Waals surface area contributed by atoms with Crippen molar-refractivity contribution in [1.82, 2.24) is 19.9 Å². The summed E-state index contributed by atoms with van der Waals surface area (Å²) in [6, 6.07) is 24.2. The first-order chi connectivity index (χ1) is 24.6. The third kappa shape index (κ3) is 7.69. The zero-order valence-electron chi connectivity index (χ0n) is 34.2. The van der Waals surface area contributed by atoms with Crippen LogP contribution in [0.1, 0.15) is 128 Å². The summed E-state index contributed by atoms with van der Waals surface area (Å²) in [7, 11) is 0. The molecule has 2 aromatic carbocycles. The van der Waals surface area contributed by atoms with Crippen molar-refractivity contribution in [3.05, 3.63) is 112 Å².